The number of thioether (sulfide) groups is 1. The summed E-state index contributed by atoms with van der Waals surface area (Å²) in [6.07, 6.45) is 2.02. The van der Waals surface area contributed by atoms with Gasteiger partial charge in [-0.3, -0.25) is 4.79 Å². The molecule has 106 valence electrons. The third-order valence-corrected chi connectivity index (χ3v) is 3.62. The number of carbonyl (C=O) groups is 1. The molecule has 2 N–H and O–H groups in total. The zero-order valence-electron chi connectivity index (χ0n) is 11.2. The van der Waals surface area contributed by atoms with Gasteiger partial charge in [0.15, 0.2) is 0 Å². The molecule has 0 fully saturated rings. The molecule has 1 aromatic heterocycles. The number of methoxy groups -OCH3 is 1. The SMILES string of the molecule is COc1ccc(-c2nc(CSCCC(N)=O)co2)cc1. The Kier molecular flexibility index (Phi) is 5.06. The predicted octanol–water partition coefficient (Wildman–Crippen LogP) is 2.46. The average molecular weight is 292 g/mol. The van der Waals surface area contributed by atoms with E-state index in [9.17, 15) is 4.79 Å². The number of rotatable bonds is 7. The Balaban J connectivity index is 1.92. The maximum absolute atomic E-state index is 10.6. The molecule has 20 heavy (non-hydrogen) atoms. The van der Waals surface area contributed by atoms with Crippen LogP contribution in [0, 0.1) is 0 Å². The van der Waals surface area contributed by atoms with Crippen LogP contribution in [-0.4, -0.2) is 23.8 Å². The molecule has 0 aliphatic carbocycles. The quantitative estimate of drug-likeness (QED) is 0.793. The van der Waals surface area contributed by atoms with Crippen LogP contribution in [0.25, 0.3) is 11.5 Å². The molecule has 0 unspecified atom stereocenters. The van der Waals surface area contributed by atoms with E-state index in [2.05, 4.69) is 4.98 Å². The summed E-state index contributed by atoms with van der Waals surface area (Å²) in [5, 5.41) is 0. The third-order valence-electron chi connectivity index (χ3n) is 2.63. The van der Waals surface area contributed by atoms with E-state index in [1.54, 1.807) is 25.1 Å². The van der Waals surface area contributed by atoms with Crippen molar-refractivity contribution in [3.05, 3.63) is 36.2 Å². The van der Waals surface area contributed by atoms with E-state index >= 15 is 0 Å². The molecule has 0 bridgehead atoms. The zero-order valence-corrected chi connectivity index (χ0v) is 12.0. The van der Waals surface area contributed by atoms with Crippen molar-refractivity contribution in [3.63, 3.8) is 0 Å². The van der Waals surface area contributed by atoms with E-state index < -0.39 is 0 Å². The summed E-state index contributed by atoms with van der Waals surface area (Å²) in [7, 11) is 1.63. The minimum absolute atomic E-state index is 0.281. The second-order valence-electron chi connectivity index (χ2n) is 4.14. The molecule has 1 heterocycles. The van der Waals surface area contributed by atoms with Crippen molar-refractivity contribution >= 4 is 17.7 Å². The number of hydrogen-bond acceptors (Lipinski definition) is 5. The zero-order chi connectivity index (χ0) is 14.4. The highest BCUT2D eigenvalue weighted by Gasteiger charge is 2.07. The lowest BCUT2D eigenvalue weighted by atomic mass is 10.2. The molecule has 2 rings (SSSR count). The van der Waals surface area contributed by atoms with Crippen LogP contribution in [0.5, 0.6) is 5.75 Å². The monoisotopic (exact) mass is 292 g/mol. The number of nitrogens with two attached hydrogens (primary N) is 1. The summed E-state index contributed by atoms with van der Waals surface area (Å²) in [5.74, 6) is 2.49. The predicted molar refractivity (Wildman–Crippen MR) is 78.5 cm³/mol. The Morgan fingerprint density at radius 1 is 1.40 bits per heavy atom. The van der Waals surface area contributed by atoms with E-state index in [0.717, 1.165) is 17.0 Å². The highest BCUT2D eigenvalue weighted by Crippen LogP contribution is 2.23. The van der Waals surface area contributed by atoms with E-state index in [1.807, 2.05) is 24.3 Å². The van der Waals surface area contributed by atoms with Crippen LogP contribution in [0.15, 0.2) is 34.9 Å². The lowest BCUT2D eigenvalue weighted by Crippen LogP contribution is -2.10. The van der Waals surface area contributed by atoms with Gasteiger partial charge in [-0.2, -0.15) is 11.8 Å². The fraction of sp³-hybridized carbons (Fsp3) is 0.286. The van der Waals surface area contributed by atoms with E-state index in [4.69, 9.17) is 14.9 Å². The van der Waals surface area contributed by atoms with Crippen molar-refractivity contribution in [1.29, 1.82) is 0 Å². The summed E-state index contributed by atoms with van der Waals surface area (Å²) < 4.78 is 10.5. The Bertz CT molecular complexity index is 566. The number of nitrogens with zero attached hydrogens (tertiary/aromatic N) is 1. The summed E-state index contributed by atoms with van der Waals surface area (Å²) in [4.78, 5) is 15.0. The molecule has 1 aromatic carbocycles. The molecule has 0 spiro atoms. The van der Waals surface area contributed by atoms with Gasteiger partial charge in [0, 0.05) is 23.5 Å². The largest absolute Gasteiger partial charge is 0.497 e. The van der Waals surface area contributed by atoms with Crippen molar-refractivity contribution < 1.29 is 13.9 Å². The second kappa shape index (κ2) is 7.00. The third kappa shape index (κ3) is 4.03. The van der Waals surface area contributed by atoms with Gasteiger partial charge in [-0.25, -0.2) is 4.98 Å². The highest BCUT2D eigenvalue weighted by molar-refractivity contribution is 7.98. The van der Waals surface area contributed by atoms with Crippen LogP contribution < -0.4 is 10.5 Å². The van der Waals surface area contributed by atoms with Crippen molar-refractivity contribution in [2.45, 2.75) is 12.2 Å². The molecular weight excluding hydrogens is 276 g/mol. The molecule has 0 saturated carbocycles. The smallest absolute Gasteiger partial charge is 0.226 e. The number of benzene rings is 1. The van der Waals surface area contributed by atoms with Crippen molar-refractivity contribution in [2.75, 3.05) is 12.9 Å². The van der Waals surface area contributed by atoms with Crippen molar-refractivity contribution in [2.24, 2.45) is 5.73 Å². The van der Waals surface area contributed by atoms with Crippen molar-refractivity contribution in [3.8, 4) is 17.2 Å². The van der Waals surface area contributed by atoms with Gasteiger partial charge < -0.3 is 14.9 Å². The van der Waals surface area contributed by atoms with Crippen molar-refractivity contribution in [1.82, 2.24) is 4.98 Å². The first kappa shape index (κ1) is 14.5. The van der Waals surface area contributed by atoms with Crippen LogP contribution in [0.2, 0.25) is 0 Å². The Hall–Kier alpha value is -1.95. The molecule has 0 saturated heterocycles. The molecule has 0 atom stereocenters. The Labute approximate surface area is 121 Å². The molecular formula is C14H16N2O3S. The normalized spacial score (nSPS) is 10.4. The van der Waals surface area contributed by atoms with E-state index in [1.165, 1.54) is 0 Å². The molecule has 0 aliphatic rings. The standard InChI is InChI=1S/C14H16N2O3S/c1-18-12-4-2-10(3-5-12)14-16-11(8-19-14)9-20-7-6-13(15)17/h2-5,8H,6-7,9H2,1H3,(H2,15,17). The fourth-order valence-corrected chi connectivity index (χ4v) is 2.42. The molecule has 0 aliphatic heterocycles. The maximum Gasteiger partial charge on any atom is 0.226 e. The van der Waals surface area contributed by atoms with E-state index in [-0.39, 0.29) is 5.91 Å². The summed E-state index contributed by atoms with van der Waals surface area (Å²) in [5.41, 5.74) is 6.83. The maximum atomic E-state index is 10.6. The van der Waals surface area contributed by atoms with Crippen LogP contribution in [-0.2, 0) is 10.5 Å². The number of primary amides is 1. The van der Waals surface area contributed by atoms with Crippen LogP contribution in [0.1, 0.15) is 12.1 Å². The van der Waals surface area contributed by atoms with Crippen LogP contribution >= 0.6 is 11.8 Å². The minimum atomic E-state index is -0.281. The van der Waals surface area contributed by atoms with Gasteiger partial charge in [0.2, 0.25) is 11.8 Å². The first-order valence-corrected chi connectivity index (χ1v) is 7.29. The average Bonchev–Trinajstić information content (AvgIpc) is 2.92. The van der Waals surface area contributed by atoms with Gasteiger partial charge in [0.05, 0.1) is 12.8 Å². The first-order chi connectivity index (χ1) is 9.69. The molecule has 5 nitrogen and oxygen atoms in total. The van der Waals surface area contributed by atoms with Crippen LogP contribution in [0.4, 0.5) is 0 Å². The number of amides is 1. The second-order valence-corrected chi connectivity index (χ2v) is 5.25. The number of hydrogen-bond donors (Lipinski definition) is 1. The van der Waals surface area contributed by atoms with Gasteiger partial charge in [-0.05, 0) is 24.3 Å². The Morgan fingerprint density at radius 3 is 2.80 bits per heavy atom. The summed E-state index contributed by atoms with van der Waals surface area (Å²) >= 11 is 1.61. The lowest BCUT2D eigenvalue weighted by molar-refractivity contribution is -0.117. The lowest BCUT2D eigenvalue weighted by Gasteiger charge is -1.99. The van der Waals surface area contributed by atoms with Gasteiger partial charge in [-0.15, -0.1) is 0 Å². The Morgan fingerprint density at radius 2 is 2.15 bits per heavy atom. The summed E-state index contributed by atoms with van der Waals surface area (Å²) in [6.45, 7) is 0. The number of aromatic nitrogens is 1. The minimum Gasteiger partial charge on any atom is -0.497 e. The van der Waals surface area contributed by atoms with E-state index in [0.29, 0.717) is 23.8 Å². The van der Waals surface area contributed by atoms with Gasteiger partial charge in [0.25, 0.3) is 0 Å². The number of oxazole rings is 1. The highest BCUT2D eigenvalue weighted by atomic mass is 32.2. The summed E-state index contributed by atoms with van der Waals surface area (Å²) in [6, 6.07) is 7.52. The van der Waals surface area contributed by atoms with Gasteiger partial charge in [-0.1, -0.05) is 0 Å². The molecule has 6 heteroatoms. The first-order valence-electron chi connectivity index (χ1n) is 6.14. The van der Waals surface area contributed by atoms with Gasteiger partial charge >= 0.3 is 0 Å². The molecule has 0 radical (unpaired) electrons. The van der Waals surface area contributed by atoms with Crippen LogP contribution in [0.3, 0.4) is 0 Å². The van der Waals surface area contributed by atoms with Gasteiger partial charge in [0.1, 0.15) is 12.0 Å². The topological polar surface area (TPSA) is 78.4 Å². The molecule has 1 amide bonds. The number of carbonyl (C=O) groups excluding carboxylic acids is 1. The fourth-order valence-electron chi connectivity index (χ4n) is 1.59. The number of ether oxygens (including phenoxy) is 1. The molecule has 2 aromatic rings.